The Labute approximate surface area is 147 Å². The number of pyridine rings is 1. The maximum absolute atomic E-state index is 6.28. The van der Waals surface area contributed by atoms with Gasteiger partial charge in [-0.1, -0.05) is 41.4 Å². The SMILES string of the molecule is CC1(C)OB(c2cnc(Cl)c(-c3ccccc3Cl)c2)OC1(C)C. The Bertz CT molecular complexity index is 733. The van der Waals surface area contributed by atoms with Gasteiger partial charge in [-0.3, -0.25) is 0 Å². The summed E-state index contributed by atoms with van der Waals surface area (Å²) in [6.45, 7) is 8.08. The highest BCUT2D eigenvalue weighted by Crippen LogP contribution is 2.37. The second kappa shape index (κ2) is 5.78. The lowest BCUT2D eigenvalue weighted by Gasteiger charge is -2.32. The maximum atomic E-state index is 6.28. The molecule has 0 bridgehead atoms. The largest absolute Gasteiger partial charge is 0.496 e. The molecule has 0 aliphatic carbocycles. The second-order valence-electron chi connectivity index (χ2n) is 6.68. The van der Waals surface area contributed by atoms with Crippen LogP contribution < -0.4 is 5.46 Å². The van der Waals surface area contributed by atoms with E-state index in [9.17, 15) is 0 Å². The van der Waals surface area contributed by atoms with E-state index in [0.717, 1.165) is 16.6 Å². The van der Waals surface area contributed by atoms with Crippen LogP contribution >= 0.6 is 23.2 Å². The molecule has 0 unspecified atom stereocenters. The molecule has 2 aromatic rings. The molecule has 3 nitrogen and oxygen atoms in total. The molecule has 1 aromatic heterocycles. The van der Waals surface area contributed by atoms with Gasteiger partial charge in [-0.05, 0) is 39.8 Å². The summed E-state index contributed by atoms with van der Waals surface area (Å²) in [5.41, 5.74) is 1.63. The van der Waals surface area contributed by atoms with Crippen LogP contribution in [-0.4, -0.2) is 23.3 Å². The lowest BCUT2D eigenvalue weighted by Crippen LogP contribution is -2.41. The van der Waals surface area contributed by atoms with Gasteiger partial charge < -0.3 is 9.31 Å². The van der Waals surface area contributed by atoms with Crippen LogP contribution in [0.1, 0.15) is 27.7 Å². The van der Waals surface area contributed by atoms with Gasteiger partial charge in [0.15, 0.2) is 0 Å². The Morgan fingerprint density at radius 1 is 0.957 bits per heavy atom. The number of halogens is 2. The zero-order chi connectivity index (χ0) is 16.8. The van der Waals surface area contributed by atoms with Gasteiger partial charge in [0.25, 0.3) is 0 Å². The van der Waals surface area contributed by atoms with Crippen molar-refractivity contribution in [1.82, 2.24) is 4.98 Å². The van der Waals surface area contributed by atoms with E-state index in [4.69, 9.17) is 32.5 Å². The molecule has 23 heavy (non-hydrogen) atoms. The summed E-state index contributed by atoms with van der Waals surface area (Å²) in [4.78, 5) is 4.28. The molecule has 1 fully saturated rings. The van der Waals surface area contributed by atoms with Gasteiger partial charge in [0.05, 0.1) is 11.2 Å². The average molecular weight is 350 g/mol. The van der Waals surface area contributed by atoms with Crippen LogP contribution in [0.15, 0.2) is 36.5 Å². The normalized spacial score (nSPS) is 19.1. The minimum atomic E-state index is -0.481. The Morgan fingerprint density at radius 3 is 2.17 bits per heavy atom. The van der Waals surface area contributed by atoms with E-state index in [0.29, 0.717) is 10.2 Å². The number of aromatic nitrogens is 1. The van der Waals surface area contributed by atoms with Gasteiger partial charge >= 0.3 is 7.12 Å². The van der Waals surface area contributed by atoms with Crippen LogP contribution in [0.4, 0.5) is 0 Å². The molecule has 1 aromatic carbocycles. The van der Waals surface area contributed by atoms with Crippen molar-refractivity contribution in [3.8, 4) is 11.1 Å². The summed E-state index contributed by atoms with van der Waals surface area (Å²) < 4.78 is 12.1. The molecule has 0 atom stereocenters. The average Bonchev–Trinajstić information content (AvgIpc) is 2.69. The van der Waals surface area contributed by atoms with Crippen molar-refractivity contribution >= 4 is 35.8 Å². The maximum Gasteiger partial charge on any atom is 0.496 e. The Hall–Kier alpha value is -1.07. The fraction of sp³-hybridized carbons (Fsp3) is 0.353. The predicted octanol–water partition coefficient (Wildman–Crippen LogP) is 4.35. The third-order valence-electron chi connectivity index (χ3n) is 4.55. The van der Waals surface area contributed by atoms with E-state index in [1.165, 1.54) is 0 Å². The van der Waals surface area contributed by atoms with Crippen molar-refractivity contribution in [2.75, 3.05) is 0 Å². The third-order valence-corrected chi connectivity index (χ3v) is 5.18. The van der Waals surface area contributed by atoms with Crippen molar-refractivity contribution in [1.29, 1.82) is 0 Å². The van der Waals surface area contributed by atoms with Crippen LogP contribution in [0.2, 0.25) is 10.2 Å². The summed E-state index contributed by atoms with van der Waals surface area (Å²) in [7, 11) is -0.481. The molecule has 6 heteroatoms. The Morgan fingerprint density at radius 2 is 1.57 bits per heavy atom. The fourth-order valence-electron chi connectivity index (χ4n) is 2.44. The summed E-state index contributed by atoms with van der Waals surface area (Å²) in [6, 6.07) is 9.47. The topological polar surface area (TPSA) is 31.4 Å². The van der Waals surface area contributed by atoms with E-state index in [2.05, 4.69) is 4.98 Å². The first-order valence-corrected chi connectivity index (χ1v) is 8.23. The van der Waals surface area contributed by atoms with E-state index in [1.807, 2.05) is 58.0 Å². The lowest BCUT2D eigenvalue weighted by molar-refractivity contribution is 0.00578. The number of hydrogen-bond acceptors (Lipinski definition) is 3. The number of benzene rings is 1. The van der Waals surface area contributed by atoms with Gasteiger partial charge in [0, 0.05) is 27.8 Å². The van der Waals surface area contributed by atoms with Crippen LogP contribution in [0.5, 0.6) is 0 Å². The zero-order valence-corrected chi connectivity index (χ0v) is 15.1. The molecule has 0 saturated carbocycles. The molecule has 1 saturated heterocycles. The standard InChI is InChI=1S/C17H18BCl2NO2/c1-16(2)17(3,4)23-18(22-16)11-9-13(15(20)21-10-11)12-7-5-6-8-14(12)19/h5-10H,1-4H3. The second-order valence-corrected chi connectivity index (χ2v) is 7.44. The number of nitrogens with zero attached hydrogens (tertiary/aromatic N) is 1. The molecule has 2 heterocycles. The molecule has 0 spiro atoms. The third kappa shape index (κ3) is 3.01. The molecule has 120 valence electrons. The van der Waals surface area contributed by atoms with Gasteiger partial charge in [-0.2, -0.15) is 0 Å². The summed E-state index contributed by atoms with van der Waals surface area (Å²) >= 11 is 12.6. The van der Waals surface area contributed by atoms with E-state index >= 15 is 0 Å². The highest BCUT2D eigenvalue weighted by Gasteiger charge is 2.51. The van der Waals surface area contributed by atoms with E-state index < -0.39 is 18.3 Å². The quantitative estimate of drug-likeness (QED) is 0.596. The van der Waals surface area contributed by atoms with Gasteiger partial charge in [-0.25, -0.2) is 4.98 Å². The van der Waals surface area contributed by atoms with Crippen LogP contribution in [0.3, 0.4) is 0 Å². The minimum Gasteiger partial charge on any atom is -0.399 e. The monoisotopic (exact) mass is 349 g/mol. The summed E-state index contributed by atoms with van der Waals surface area (Å²) in [6.07, 6.45) is 1.69. The minimum absolute atomic E-state index is 0.401. The number of rotatable bonds is 2. The lowest BCUT2D eigenvalue weighted by atomic mass is 9.79. The van der Waals surface area contributed by atoms with Crippen molar-refractivity contribution in [3.05, 3.63) is 46.7 Å². The first-order valence-electron chi connectivity index (χ1n) is 7.47. The summed E-state index contributed by atoms with van der Waals surface area (Å²) in [5.74, 6) is 0. The highest BCUT2D eigenvalue weighted by atomic mass is 35.5. The molecule has 0 N–H and O–H groups in total. The number of hydrogen-bond donors (Lipinski definition) is 0. The predicted molar refractivity (Wildman–Crippen MR) is 95.4 cm³/mol. The van der Waals surface area contributed by atoms with Gasteiger partial charge in [0.2, 0.25) is 0 Å². The van der Waals surface area contributed by atoms with Crippen molar-refractivity contribution in [2.45, 2.75) is 38.9 Å². The van der Waals surface area contributed by atoms with Crippen molar-refractivity contribution < 1.29 is 9.31 Å². The van der Waals surface area contributed by atoms with Crippen LogP contribution in [-0.2, 0) is 9.31 Å². The van der Waals surface area contributed by atoms with Crippen LogP contribution in [0.25, 0.3) is 11.1 Å². The van der Waals surface area contributed by atoms with Gasteiger partial charge in [-0.15, -0.1) is 0 Å². The molecular weight excluding hydrogens is 332 g/mol. The van der Waals surface area contributed by atoms with Gasteiger partial charge in [0.1, 0.15) is 5.15 Å². The highest BCUT2D eigenvalue weighted by molar-refractivity contribution is 6.62. The molecule has 0 radical (unpaired) electrons. The smallest absolute Gasteiger partial charge is 0.399 e. The molecule has 0 amide bonds. The molecular formula is C17H18BCl2NO2. The zero-order valence-electron chi connectivity index (χ0n) is 13.6. The Balaban J connectivity index is 2.01. The van der Waals surface area contributed by atoms with E-state index in [1.54, 1.807) is 6.20 Å². The van der Waals surface area contributed by atoms with Crippen molar-refractivity contribution in [3.63, 3.8) is 0 Å². The fourth-order valence-corrected chi connectivity index (χ4v) is 2.88. The molecule has 1 aliphatic heterocycles. The first-order chi connectivity index (χ1) is 10.7. The summed E-state index contributed by atoms with van der Waals surface area (Å²) in [5, 5.41) is 1.03. The molecule has 1 aliphatic rings. The van der Waals surface area contributed by atoms with E-state index in [-0.39, 0.29) is 0 Å². The molecule has 3 rings (SSSR count). The van der Waals surface area contributed by atoms with Crippen LogP contribution in [0, 0.1) is 0 Å². The van der Waals surface area contributed by atoms with Crippen molar-refractivity contribution in [2.24, 2.45) is 0 Å². The Kier molecular flexibility index (Phi) is 4.22. The first kappa shape index (κ1) is 16.8.